The van der Waals surface area contributed by atoms with Gasteiger partial charge in [-0.15, -0.1) is 0 Å². The third-order valence-corrected chi connectivity index (χ3v) is 3.93. The molecule has 5 nitrogen and oxygen atoms in total. The van der Waals surface area contributed by atoms with Crippen LogP contribution in [0.5, 0.6) is 11.5 Å². The number of benzene rings is 2. The Labute approximate surface area is 159 Å². The fourth-order valence-corrected chi connectivity index (χ4v) is 2.33. The Hall–Kier alpha value is -2.24. The lowest BCUT2D eigenvalue weighted by atomic mass is 10.2. The summed E-state index contributed by atoms with van der Waals surface area (Å²) >= 11 is 5.83. The summed E-state index contributed by atoms with van der Waals surface area (Å²) in [6.07, 6.45) is 1.14. The number of nitrogens with two attached hydrogens (primary N) is 1. The molecule has 1 unspecified atom stereocenters. The number of rotatable bonds is 10. The summed E-state index contributed by atoms with van der Waals surface area (Å²) in [4.78, 5) is 11.7. The summed E-state index contributed by atoms with van der Waals surface area (Å²) in [6, 6.07) is 14.9. The molecule has 0 heterocycles. The van der Waals surface area contributed by atoms with Crippen LogP contribution >= 0.6 is 11.6 Å². The van der Waals surface area contributed by atoms with Crippen molar-refractivity contribution in [3.63, 3.8) is 0 Å². The minimum absolute atomic E-state index is 0.0157. The van der Waals surface area contributed by atoms with Gasteiger partial charge in [0.15, 0.2) is 0 Å². The van der Waals surface area contributed by atoms with Gasteiger partial charge in [-0.3, -0.25) is 4.79 Å². The van der Waals surface area contributed by atoms with Crippen LogP contribution in [0.2, 0.25) is 5.02 Å². The molecule has 0 aromatic heterocycles. The highest BCUT2D eigenvalue weighted by Crippen LogP contribution is 2.16. The highest BCUT2D eigenvalue weighted by molar-refractivity contribution is 6.30. The minimum Gasteiger partial charge on any atom is -0.490 e. The molecule has 26 heavy (non-hydrogen) atoms. The molecule has 140 valence electrons. The van der Waals surface area contributed by atoms with Crippen molar-refractivity contribution in [3.8, 4) is 11.5 Å². The maximum atomic E-state index is 11.7. The van der Waals surface area contributed by atoms with E-state index in [2.05, 4.69) is 5.32 Å². The summed E-state index contributed by atoms with van der Waals surface area (Å²) < 4.78 is 11.2. The van der Waals surface area contributed by atoms with Crippen LogP contribution in [0.25, 0.3) is 0 Å². The van der Waals surface area contributed by atoms with Gasteiger partial charge in [-0.2, -0.15) is 0 Å². The summed E-state index contributed by atoms with van der Waals surface area (Å²) in [5.74, 6) is 1.53. The van der Waals surface area contributed by atoms with Gasteiger partial charge in [0.1, 0.15) is 24.7 Å². The Morgan fingerprint density at radius 3 is 2.12 bits per heavy atom. The average molecular weight is 377 g/mol. The van der Waals surface area contributed by atoms with Gasteiger partial charge >= 0.3 is 0 Å². The molecule has 0 saturated heterocycles. The van der Waals surface area contributed by atoms with E-state index in [0.717, 1.165) is 17.1 Å². The van der Waals surface area contributed by atoms with E-state index in [0.29, 0.717) is 37.6 Å². The number of carbonyl (C=O) groups is 1. The van der Waals surface area contributed by atoms with E-state index in [-0.39, 0.29) is 11.9 Å². The maximum absolute atomic E-state index is 11.7. The highest BCUT2D eigenvalue weighted by Gasteiger charge is 2.04. The third-order valence-electron chi connectivity index (χ3n) is 3.67. The molecule has 1 atom stereocenters. The molecule has 3 N–H and O–H groups in total. The van der Waals surface area contributed by atoms with Gasteiger partial charge in [-0.25, -0.2) is 0 Å². The van der Waals surface area contributed by atoms with Gasteiger partial charge in [0.2, 0.25) is 5.91 Å². The van der Waals surface area contributed by atoms with Gasteiger partial charge in [-0.05, 0) is 55.3 Å². The normalized spacial score (nSPS) is 11.7. The molecule has 0 bridgehead atoms. The Bertz CT molecular complexity index is 672. The number of halogens is 1. The van der Waals surface area contributed by atoms with Crippen LogP contribution in [0.4, 0.5) is 0 Å². The number of nitrogens with one attached hydrogen (secondary N) is 1. The molecule has 0 aliphatic rings. The van der Waals surface area contributed by atoms with Crippen LogP contribution in [0.1, 0.15) is 25.3 Å². The third kappa shape index (κ3) is 7.76. The zero-order valence-electron chi connectivity index (χ0n) is 14.9. The fraction of sp³-hybridized carbons (Fsp3) is 0.350. The molecule has 0 fully saturated rings. The van der Waals surface area contributed by atoms with Crippen LogP contribution in [0, 0.1) is 0 Å². The lowest BCUT2D eigenvalue weighted by molar-refractivity contribution is -0.121. The van der Waals surface area contributed by atoms with Crippen LogP contribution in [-0.4, -0.2) is 25.2 Å². The smallest absolute Gasteiger partial charge is 0.220 e. The molecule has 0 spiro atoms. The summed E-state index contributed by atoms with van der Waals surface area (Å²) in [7, 11) is 0. The van der Waals surface area contributed by atoms with Gasteiger partial charge in [-0.1, -0.05) is 23.7 Å². The summed E-state index contributed by atoms with van der Waals surface area (Å²) in [5, 5.41) is 3.56. The van der Waals surface area contributed by atoms with Gasteiger partial charge in [0.25, 0.3) is 0 Å². The molecular weight excluding hydrogens is 352 g/mol. The zero-order valence-corrected chi connectivity index (χ0v) is 15.7. The number of ether oxygens (including phenoxy) is 2. The number of amides is 1. The van der Waals surface area contributed by atoms with Crippen LogP contribution in [-0.2, 0) is 11.3 Å². The van der Waals surface area contributed by atoms with Crippen molar-refractivity contribution in [2.45, 2.75) is 32.4 Å². The van der Waals surface area contributed by atoms with E-state index in [1.54, 1.807) is 12.1 Å². The van der Waals surface area contributed by atoms with Gasteiger partial charge in [0, 0.05) is 24.0 Å². The molecule has 0 aliphatic heterocycles. The predicted octanol–water partition coefficient (Wildman–Crippen LogP) is 3.54. The van der Waals surface area contributed by atoms with Gasteiger partial charge in [0.05, 0.1) is 0 Å². The van der Waals surface area contributed by atoms with Crippen molar-refractivity contribution in [2.24, 2.45) is 5.73 Å². The van der Waals surface area contributed by atoms with Crippen molar-refractivity contribution in [1.82, 2.24) is 5.32 Å². The first-order chi connectivity index (χ1) is 12.5. The number of hydrogen-bond donors (Lipinski definition) is 2. The standard InChI is InChI=1S/C20H25ClN2O3/c1-15(22)2-11-20(24)23-14-16-3-7-18(8-4-16)25-12-13-26-19-9-5-17(21)6-10-19/h3-10,15H,2,11-14,22H2,1H3,(H,23,24). The van der Waals surface area contributed by atoms with Crippen LogP contribution in [0.3, 0.4) is 0 Å². The quantitative estimate of drug-likeness (QED) is 0.622. The Morgan fingerprint density at radius 2 is 1.58 bits per heavy atom. The second-order valence-electron chi connectivity index (χ2n) is 6.09. The SMILES string of the molecule is CC(N)CCC(=O)NCc1ccc(OCCOc2ccc(Cl)cc2)cc1. The highest BCUT2D eigenvalue weighted by atomic mass is 35.5. The Balaban J connectivity index is 1.65. The summed E-state index contributed by atoms with van der Waals surface area (Å²) in [5.41, 5.74) is 6.66. The van der Waals surface area contributed by atoms with Crippen LogP contribution < -0.4 is 20.5 Å². The number of carbonyl (C=O) groups excluding carboxylic acids is 1. The molecule has 0 radical (unpaired) electrons. The Morgan fingerprint density at radius 1 is 1.04 bits per heavy atom. The average Bonchev–Trinajstić information content (AvgIpc) is 2.64. The first kappa shape index (κ1) is 20.1. The first-order valence-electron chi connectivity index (χ1n) is 8.65. The lowest BCUT2D eigenvalue weighted by Crippen LogP contribution is -2.25. The van der Waals surface area contributed by atoms with Crippen molar-refractivity contribution >= 4 is 17.5 Å². The molecule has 6 heteroatoms. The largest absolute Gasteiger partial charge is 0.490 e. The van der Waals surface area contributed by atoms with E-state index in [1.807, 2.05) is 43.3 Å². The van der Waals surface area contributed by atoms with Gasteiger partial charge < -0.3 is 20.5 Å². The monoisotopic (exact) mass is 376 g/mol. The second-order valence-corrected chi connectivity index (χ2v) is 6.52. The molecular formula is C20H25ClN2O3. The Kier molecular flexibility index (Phi) is 8.25. The van der Waals surface area contributed by atoms with Crippen molar-refractivity contribution in [2.75, 3.05) is 13.2 Å². The fourth-order valence-electron chi connectivity index (χ4n) is 2.20. The van der Waals surface area contributed by atoms with Crippen molar-refractivity contribution < 1.29 is 14.3 Å². The molecule has 0 aliphatic carbocycles. The zero-order chi connectivity index (χ0) is 18.8. The molecule has 2 aromatic carbocycles. The van der Waals surface area contributed by atoms with E-state index in [4.69, 9.17) is 26.8 Å². The lowest BCUT2D eigenvalue weighted by Gasteiger charge is -2.10. The molecule has 0 saturated carbocycles. The van der Waals surface area contributed by atoms with E-state index in [1.165, 1.54) is 0 Å². The molecule has 1 amide bonds. The van der Waals surface area contributed by atoms with Crippen LogP contribution in [0.15, 0.2) is 48.5 Å². The van der Waals surface area contributed by atoms with E-state index in [9.17, 15) is 4.79 Å². The van der Waals surface area contributed by atoms with Crippen molar-refractivity contribution in [1.29, 1.82) is 0 Å². The maximum Gasteiger partial charge on any atom is 0.220 e. The number of hydrogen-bond acceptors (Lipinski definition) is 4. The minimum atomic E-state index is 0.0157. The van der Waals surface area contributed by atoms with Crippen molar-refractivity contribution in [3.05, 3.63) is 59.1 Å². The van der Waals surface area contributed by atoms with E-state index < -0.39 is 0 Å². The first-order valence-corrected chi connectivity index (χ1v) is 9.03. The second kappa shape index (κ2) is 10.7. The topological polar surface area (TPSA) is 73.6 Å². The summed E-state index contributed by atoms with van der Waals surface area (Å²) in [6.45, 7) is 3.28. The van der Waals surface area contributed by atoms with E-state index >= 15 is 0 Å². The predicted molar refractivity (Wildman–Crippen MR) is 104 cm³/mol. The molecule has 2 rings (SSSR count). The molecule has 2 aromatic rings.